The summed E-state index contributed by atoms with van der Waals surface area (Å²) in [4.78, 5) is 6.71. The molecule has 0 aliphatic rings. The summed E-state index contributed by atoms with van der Waals surface area (Å²) >= 11 is 0. The zero-order valence-electron chi connectivity index (χ0n) is 9.55. The quantitative estimate of drug-likeness (QED) is 0.662. The molecule has 19 heavy (non-hydrogen) atoms. The predicted molar refractivity (Wildman–Crippen MR) is 65.8 cm³/mol. The van der Waals surface area contributed by atoms with E-state index in [-0.39, 0.29) is 16.9 Å². The number of H-pyrrole nitrogens is 1. The number of anilines is 1. The summed E-state index contributed by atoms with van der Waals surface area (Å²) in [5, 5.41) is 0. The van der Waals surface area contributed by atoms with Gasteiger partial charge in [0.15, 0.2) is 5.82 Å². The first kappa shape index (κ1) is 11.6. The molecule has 2 aromatic carbocycles. The third-order valence-corrected chi connectivity index (χ3v) is 2.78. The summed E-state index contributed by atoms with van der Waals surface area (Å²) in [6.45, 7) is 0. The highest BCUT2D eigenvalue weighted by atomic mass is 19.1. The first-order valence-electron chi connectivity index (χ1n) is 5.45. The van der Waals surface area contributed by atoms with Gasteiger partial charge in [-0.05, 0) is 24.3 Å². The van der Waals surface area contributed by atoms with Crippen molar-refractivity contribution in [3.8, 4) is 11.4 Å². The van der Waals surface area contributed by atoms with Crippen LogP contribution in [-0.2, 0) is 0 Å². The zero-order chi connectivity index (χ0) is 13.6. The minimum atomic E-state index is -0.785. The number of nitrogens with zero attached hydrogens (tertiary/aromatic N) is 1. The molecule has 0 atom stereocenters. The van der Waals surface area contributed by atoms with Crippen LogP contribution >= 0.6 is 0 Å². The van der Waals surface area contributed by atoms with E-state index in [0.29, 0.717) is 11.3 Å². The summed E-state index contributed by atoms with van der Waals surface area (Å²) in [6.07, 6.45) is 0. The number of aromatic nitrogens is 2. The van der Waals surface area contributed by atoms with Gasteiger partial charge in [-0.3, -0.25) is 0 Å². The summed E-state index contributed by atoms with van der Waals surface area (Å²) in [5.41, 5.74) is 6.49. The lowest BCUT2D eigenvalue weighted by Gasteiger charge is -2.01. The van der Waals surface area contributed by atoms with E-state index in [2.05, 4.69) is 9.97 Å². The molecule has 96 valence electrons. The SMILES string of the molecule is Nc1ccc(F)cc1-c1nc2c(F)cc(F)cc2[nH]1. The lowest BCUT2D eigenvalue weighted by atomic mass is 10.1. The number of hydrogen-bond donors (Lipinski definition) is 2. The average Bonchev–Trinajstić information content (AvgIpc) is 2.76. The van der Waals surface area contributed by atoms with Crippen LogP contribution in [0.25, 0.3) is 22.4 Å². The first-order chi connectivity index (χ1) is 9.04. The van der Waals surface area contributed by atoms with Crippen LogP contribution in [0.2, 0.25) is 0 Å². The summed E-state index contributed by atoms with van der Waals surface area (Å²) in [5.74, 6) is -1.80. The molecule has 0 saturated heterocycles. The van der Waals surface area contributed by atoms with E-state index in [1.165, 1.54) is 18.2 Å². The number of benzene rings is 2. The topological polar surface area (TPSA) is 54.7 Å². The number of fused-ring (bicyclic) bond motifs is 1. The molecular formula is C13H8F3N3. The minimum Gasteiger partial charge on any atom is -0.398 e. The summed E-state index contributed by atoms with van der Waals surface area (Å²) < 4.78 is 39.8. The number of hydrogen-bond acceptors (Lipinski definition) is 2. The van der Waals surface area contributed by atoms with Gasteiger partial charge >= 0.3 is 0 Å². The van der Waals surface area contributed by atoms with Gasteiger partial charge in [0.05, 0.1) is 5.52 Å². The molecule has 3 N–H and O–H groups in total. The Labute approximate surface area is 105 Å². The van der Waals surface area contributed by atoms with Crippen molar-refractivity contribution >= 4 is 16.7 Å². The number of nitrogens with two attached hydrogens (primary N) is 1. The molecule has 0 aliphatic carbocycles. The van der Waals surface area contributed by atoms with Crippen LogP contribution in [0.15, 0.2) is 30.3 Å². The van der Waals surface area contributed by atoms with Crippen molar-refractivity contribution in [3.05, 3.63) is 47.8 Å². The third-order valence-electron chi connectivity index (χ3n) is 2.78. The first-order valence-corrected chi connectivity index (χ1v) is 5.45. The lowest BCUT2D eigenvalue weighted by molar-refractivity contribution is 0.591. The van der Waals surface area contributed by atoms with E-state index in [1.807, 2.05) is 0 Å². The molecule has 3 aromatic rings. The monoisotopic (exact) mass is 263 g/mol. The van der Waals surface area contributed by atoms with Crippen molar-refractivity contribution in [1.29, 1.82) is 0 Å². The second-order valence-electron chi connectivity index (χ2n) is 4.10. The van der Waals surface area contributed by atoms with Crippen molar-refractivity contribution in [2.45, 2.75) is 0 Å². The van der Waals surface area contributed by atoms with Gasteiger partial charge in [-0.1, -0.05) is 0 Å². The van der Waals surface area contributed by atoms with E-state index in [0.717, 1.165) is 12.1 Å². The van der Waals surface area contributed by atoms with Gasteiger partial charge in [-0.25, -0.2) is 18.2 Å². The molecule has 6 heteroatoms. The number of aromatic amines is 1. The average molecular weight is 263 g/mol. The fourth-order valence-corrected chi connectivity index (χ4v) is 1.90. The Morgan fingerprint density at radius 3 is 2.58 bits per heavy atom. The Balaban J connectivity index is 2.26. The van der Waals surface area contributed by atoms with E-state index < -0.39 is 17.5 Å². The lowest BCUT2D eigenvalue weighted by Crippen LogP contribution is -1.92. The van der Waals surface area contributed by atoms with Crippen LogP contribution in [0.4, 0.5) is 18.9 Å². The Kier molecular flexibility index (Phi) is 2.45. The molecule has 0 unspecified atom stereocenters. The second kappa shape index (κ2) is 4.01. The van der Waals surface area contributed by atoms with Gasteiger partial charge in [-0.15, -0.1) is 0 Å². The van der Waals surface area contributed by atoms with Crippen molar-refractivity contribution < 1.29 is 13.2 Å². The van der Waals surface area contributed by atoms with Crippen LogP contribution in [0.1, 0.15) is 0 Å². The van der Waals surface area contributed by atoms with Crippen LogP contribution in [0, 0.1) is 17.5 Å². The standard InChI is InChI=1S/C13H8F3N3/c14-6-1-2-10(17)8(3-6)13-18-11-5-7(15)4-9(16)12(11)19-13/h1-5H,17H2,(H,18,19). The van der Waals surface area contributed by atoms with Crippen LogP contribution in [-0.4, -0.2) is 9.97 Å². The molecule has 0 spiro atoms. The number of nitrogens with one attached hydrogen (secondary N) is 1. The molecule has 0 aliphatic heterocycles. The van der Waals surface area contributed by atoms with Crippen LogP contribution < -0.4 is 5.73 Å². The highest BCUT2D eigenvalue weighted by Crippen LogP contribution is 2.27. The smallest absolute Gasteiger partial charge is 0.153 e. The van der Waals surface area contributed by atoms with Gasteiger partial charge in [0, 0.05) is 17.3 Å². The molecular weight excluding hydrogens is 255 g/mol. The fraction of sp³-hybridized carbons (Fsp3) is 0. The highest BCUT2D eigenvalue weighted by molar-refractivity contribution is 5.82. The van der Waals surface area contributed by atoms with Crippen molar-refractivity contribution in [2.75, 3.05) is 5.73 Å². The van der Waals surface area contributed by atoms with Crippen molar-refractivity contribution in [3.63, 3.8) is 0 Å². The largest absolute Gasteiger partial charge is 0.398 e. The van der Waals surface area contributed by atoms with E-state index in [4.69, 9.17) is 5.73 Å². The van der Waals surface area contributed by atoms with Gasteiger partial charge in [0.1, 0.15) is 23.0 Å². The van der Waals surface area contributed by atoms with Crippen molar-refractivity contribution in [1.82, 2.24) is 9.97 Å². The Morgan fingerprint density at radius 1 is 1.00 bits per heavy atom. The normalized spacial score (nSPS) is 11.1. The second-order valence-corrected chi connectivity index (χ2v) is 4.10. The molecule has 3 rings (SSSR count). The molecule has 0 saturated carbocycles. The third kappa shape index (κ3) is 1.91. The maximum atomic E-state index is 13.5. The van der Waals surface area contributed by atoms with Crippen LogP contribution in [0.5, 0.6) is 0 Å². The Morgan fingerprint density at radius 2 is 1.79 bits per heavy atom. The molecule has 0 bridgehead atoms. The number of rotatable bonds is 1. The van der Waals surface area contributed by atoms with E-state index in [9.17, 15) is 13.2 Å². The highest BCUT2D eigenvalue weighted by Gasteiger charge is 2.13. The Hall–Kier alpha value is -2.50. The number of halogens is 3. The number of nitrogen functional groups attached to an aromatic ring is 1. The molecule has 3 nitrogen and oxygen atoms in total. The van der Waals surface area contributed by atoms with E-state index >= 15 is 0 Å². The maximum Gasteiger partial charge on any atom is 0.153 e. The van der Waals surface area contributed by atoms with Crippen LogP contribution in [0.3, 0.4) is 0 Å². The number of imidazole rings is 1. The minimum absolute atomic E-state index is 0.0138. The molecule has 1 heterocycles. The molecule has 0 radical (unpaired) electrons. The summed E-state index contributed by atoms with van der Waals surface area (Å²) in [6, 6.07) is 5.63. The maximum absolute atomic E-state index is 13.5. The van der Waals surface area contributed by atoms with Crippen molar-refractivity contribution in [2.24, 2.45) is 0 Å². The van der Waals surface area contributed by atoms with Gasteiger partial charge in [-0.2, -0.15) is 0 Å². The van der Waals surface area contributed by atoms with Gasteiger partial charge in [0.25, 0.3) is 0 Å². The molecule has 1 aromatic heterocycles. The molecule has 0 amide bonds. The molecule has 0 fully saturated rings. The van der Waals surface area contributed by atoms with E-state index in [1.54, 1.807) is 0 Å². The zero-order valence-corrected chi connectivity index (χ0v) is 9.55. The predicted octanol–water partition coefficient (Wildman–Crippen LogP) is 3.23. The Bertz CT molecular complexity index is 780. The fourth-order valence-electron chi connectivity index (χ4n) is 1.90. The summed E-state index contributed by atoms with van der Waals surface area (Å²) in [7, 11) is 0. The van der Waals surface area contributed by atoms with Gasteiger partial charge in [0.2, 0.25) is 0 Å². The van der Waals surface area contributed by atoms with Gasteiger partial charge < -0.3 is 10.7 Å².